The Hall–Kier alpha value is -2.96. The summed E-state index contributed by atoms with van der Waals surface area (Å²) in [6.07, 6.45) is 1.56. The monoisotopic (exact) mass is 432 g/mol. The lowest BCUT2D eigenvalue weighted by atomic mass is 10.1. The van der Waals surface area contributed by atoms with Crippen LogP contribution >= 0.6 is 23.2 Å². The highest BCUT2D eigenvalue weighted by molar-refractivity contribution is 6.36. The topological polar surface area (TPSA) is 73.1 Å². The van der Waals surface area contributed by atoms with Crippen LogP contribution in [0.1, 0.15) is 11.3 Å². The number of ether oxygens (including phenoxy) is 2. The van der Waals surface area contributed by atoms with Crippen molar-refractivity contribution in [3.05, 3.63) is 69.9 Å². The van der Waals surface area contributed by atoms with Gasteiger partial charge in [0.25, 0.3) is 0 Å². The number of hydrogen-bond acceptors (Lipinski definition) is 5. The highest BCUT2D eigenvalue weighted by atomic mass is 35.5. The molecule has 2 aromatic carbocycles. The van der Waals surface area contributed by atoms with E-state index in [1.807, 2.05) is 0 Å². The van der Waals surface area contributed by atoms with E-state index in [0.717, 1.165) is 5.56 Å². The van der Waals surface area contributed by atoms with Crippen LogP contribution in [-0.4, -0.2) is 26.3 Å². The van der Waals surface area contributed by atoms with Gasteiger partial charge in [0, 0.05) is 10.6 Å². The zero-order chi connectivity index (χ0) is 20.8. The van der Waals surface area contributed by atoms with Crippen LogP contribution in [0, 0.1) is 0 Å². The molecular weight excluding hydrogens is 415 g/mol. The molecule has 1 N–H and O–H groups in total. The molecule has 0 bridgehead atoms. The second-order valence-electron chi connectivity index (χ2n) is 5.99. The van der Waals surface area contributed by atoms with E-state index < -0.39 is 0 Å². The molecule has 8 heteroatoms. The third-order valence-electron chi connectivity index (χ3n) is 4.02. The Morgan fingerprint density at radius 2 is 1.86 bits per heavy atom. The van der Waals surface area contributed by atoms with Gasteiger partial charge < -0.3 is 13.9 Å². The molecule has 0 atom stereocenters. The lowest BCUT2D eigenvalue weighted by molar-refractivity contribution is -0.120. The van der Waals surface area contributed by atoms with Crippen LogP contribution in [0.5, 0.6) is 11.5 Å². The number of nitrogens with zero attached hydrogens (tertiary/aromatic N) is 1. The lowest BCUT2D eigenvalue weighted by Gasteiger charge is -2.09. The molecule has 0 aliphatic rings. The molecule has 1 heterocycles. The average molecular weight is 433 g/mol. The van der Waals surface area contributed by atoms with Crippen molar-refractivity contribution in [3.63, 3.8) is 0 Å². The van der Waals surface area contributed by atoms with Gasteiger partial charge in [-0.1, -0.05) is 29.3 Å². The quantitative estimate of drug-likeness (QED) is 0.422. The van der Waals surface area contributed by atoms with E-state index >= 15 is 0 Å². The average Bonchev–Trinajstić information content (AvgIpc) is 3.16. The van der Waals surface area contributed by atoms with Crippen molar-refractivity contribution in [3.8, 4) is 22.8 Å². The number of rotatable bonds is 7. The number of methoxy groups -OCH3 is 2. The lowest BCUT2D eigenvalue weighted by Crippen LogP contribution is -2.19. The molecule has 1 amide bonds. The number of benzene rings is 2. The molecule has 0 fully saturated rings. The molecule has 6 nitrogen and oxygen atoms in total. The molecule has 29 heavy (non-hydrogen) atoms. The van der Waals surface area contributed by atoms with E-state index in [2.05, 4.69) is 10.5 Å². The molecular formula is C21H18Cl2N2O4. The van der Waals surface area contributed by atoms with Crippen LogP contribution < -0.4 is 14.9 Å². The molecule has 0 saturated carbocycles. The van der Waals surface area contributed by atoms with Gasteiger partial charge in [0.05, 0.1) is 31.9 Å². The largest absolute Gasteiger partial charge is 0.493 e. The summed E-state index contributed by atoms with van der Waals surface area (Å²) in [6, 6.07) is 13.9. The zero-order valence-electron chi connectivity index (χ0n) is 15.7. The normalized spacial score (nSPS) is 10.9. The Bertz CT molecular complexity index is 1050. The van der Waals surface area contributed by atoms with Gasteiger partial charge in [-0.15, -0.1) is 0 Å². The van der Waals surface area contributed by atoms with Crippen molar-refractivity contribution in [1.82, 2.24) is 5.43 Å². The summed E-state index contributed by atoms with van der Waals surface area (Å²) in [5.41, 5.74) is 3.96. The maximum absolute atomic E-state index is 12.1. The first kappa shape index (κ1) is 20.8. The number of nitrogens with one attached hydrogen (secondary N) is 1. The van der Waals surface area contributed by atoms with Crippen molar-refractivity contribution in [2.24, 2.45) is 5.10 Å². The summed E-state index contributed by atoms with van der Waals surface area (Å²) in [4.78, 5) is 12.1. The van der Waals surface area contributed by atoms with Crippen molar-refractivity contribution in [2.45, 2.75) is 6.42 Å². The van der Waals surface area contributed by atoms with Gasteiger partial charge >= 0.3 is 0 Å². The first-order valence-electron chi connectivity index (χ1n) is 8.58. The van der Waals surface area contributed by atoms with Crippen LogP contribution in [0.15, 0.2) is 58.0 Å². The van der Waals surface area contributed by atoms with Crippen molar-refractivity contribution < 1.29 is 18.7 Å². The molecule has 0 aliphatic heterocycles. The summed E-state index contributed by atoms with van der Waals surface area (Å²) in [5.74, 6) is 1.93. The maximum Gasteiger partial charge on any atom is 0.244 e. The Morgan fingerprint density at radius 3 is 2.59 bits per heavy atom. The molecule has 150 valence electrons. The summed E-state index contributed by atoms with van der Waals surface area (Å²) in [7, 11) is 3.10. The van der Waals surface area contributed by atoms with E-state index in [0.29, 0.717) is 38.6 Å². The van der Waals surface area contributed by atoms with Crippen molar-refractivity contribution in [1.29, 1.82) is 0 Å². The van der Waals surface area contributed by atoms with Crippen molar-refractivity contribution in [2.75, 3.05) is 14.2 Å². The third kappa shape index (κ3) is 5.31. The van der Waals surface area contributed by atoms with Crippen LogP contribution in [0.4, 0.5) is 0 Å². The predicted octanol–water partition coefficient (Wildman–Crippen LogP) is 4.96. The van der Waals surface area contributed by atoms with E-state index in [9.17, 15) is 4.79 Å². The van der Waals surface area contributed by atoms with Gasteiger partial charge in [-0.3, -0.25) is 4.79 Å². The van der Waals surface area contributed by atoms with Crippen LogP contribution in [0.2, 0.25) is 10.0 Å². The number of carbonyl (C=O) groups is 1. The summed E-state index contributed by atoms with van der Waals surface area (Å²) in [6.45, 7) is 0. The van der Waals surface area contributed by atoms with Crippen molar-refractivity contribution >= 4 is 35.3 Å². The highest BCUT2D eigenvalue weighted by Crippen LogP contribution is 2.31. The number of furan rings is 1. The summed E-state index contributed by atoms with van der Waals surface area (Å²) < 4.78 is 16.1. The SMILES string of the molecule is COc1ccc(CC(=O)NN=Cc2ccc(-c3ccc(Cl)cc3Cl)o2)cc1OC. The van der Waals surface area contributed by atoms with Crippen LogP contribution in [0.3, 0.4) is 0 Å². The number of halogens is 2. The molecule has 3 rings (SSSR count). The Morgan fingerprint density at radius 1 is 1.07 bits per heavy atom. The smallest absolute Gasteiger partial charge is 0.244 e. The van der Waals surface area contributed by atoms with E-state index in [1.54, 1.807) is 62.8 Å². The fourth-order valence-electron chi connectivity index (χ4n) is 2.64. The Kier molecular flexibility index (Phi) is 6.80. The second-order valence-corrected chi connectivity index (χ2v) is 6.83. The van der Waals surface area contributed by atoms with Gasteiger partial charge in [-0.05, 0) is 48.0 Å². The predicted molar refractivity (Wildman–Crippen MR) is 113 cm³/mol. The minimum absolute atomic E-state index is 0.140. The van der Waals surface area contributed by atoms with E-state index in [4.69, 9.17) is 37.1 Å². The molecule has 1 aromatic heterocycles. The fourth-order valence-corrected chi connectivity index (χ4v) is 3.14. The minimum atomic E-state index is -0.277. The zero-order valence-corrected chi connectivity index (χ0v) is 17.3. The van der Waals surface area contributed by atoms with Crippen LogP contribution in [0.25, 0.3) is 11.3 Å². The van der Waals surface area contributed by atoms with Gasteiger partial charge in [-0.2, -0.15) is 5.10 Å². The standard InChI is InChI=1S/C21H18Cl2N2O4/c1-27-19-7-3-13(9-20(19)28-2)10-21(26)25-24-12-15-5-8-18(29-15)16-6-4-14(22)11-17(16)23/h3-9,11-12H,10H2,1-2H3,(H,25,26). The second kappa shape index (κ2) is 9.49. The van der Waals surface area contributed by atoms with Gasteiger partial charge in [-0.25, -0.2) is 5.43 Å². The summed E-state index contributed by atoms with van der Waals surface area (Å²) in [5, 5.41) is 4.96. The molecule has 0 aliphatic carbocycles. The van der Waals surface area contributed by atoms with E-state index in [-0.39, 0.29) is 12.3 Å². The van der Waals surface area contributed by atoms with Gasteiger partial charge in [0.15, 0.2) is 11.5 Å². The number of carbonyl (C=O) groups excluding carboxylic acids is 1. The first-order valence-corrected chi connectivity index (χ1v) is 9.34. The number of amides is 1. The van der Waals surface area contributed by atoms with E-state index in [1.165, 1.54) is 6.21 Å². The minimum Gasteiger partial charge on any atom is -0.493 e. The van der Waals surface area contributed by atoms with Gasteiger partial charge in [0.1, 0.15) is 11.5 Å². The third-order valence-corrected chi connectivity index (χ3v) is 4.56. The number of hydrazone groups is 1. The molecule has 0 radical (unpaired) electrons. The first-order chi connectivity index (χ1) is 14.0. The molecule has 0 saturated heterocycles. The Balaban J connectivity index is 1.60. The highest BCUT2D eigenvalue weighted by Gasteiger charge is 2.10. The summed E-state index contributed by atoms with van der Waals surface area (Å²) >= 11 is 12.1. The van der Waals surface area contributed by atoms with Gasteiger partial charge in [0.2, 0.25) is 5.91 Å². The van der Waals surface area contributed by atoms with Crippen LogP contribution in [-0.2, 0) is 11.2 Å². The fraction of sp³-hybridized carbons (Fsp3) is 0.143. The molecule has 3 aromatic rings. The molecule has 0 unspecified atom stereocenters. The maximum atomic E-state index is 12.1. The number of hydrogen-bond donors (Lipinski definition) is 1. The molecule has 0 spiro atoms. The Labute approximate surface area is 178 Å².